The highest BCUT2D eigenvalue weighted by Gasteiger charge is 2.48. The Bertz CT molecular complexity index is 689. The molecule has 1 aliphatic heterocycles. The second kappa shape index (κ2) is 8.60. The van der Waals surface area contributed by atoms with Gasteiger partial charge in [-0.15, -0.1) is 0 Å². The molecule has 0 radical (unpaired) electrons. The van der Waals surface area contributed by atoms with Crippen molar-refractivity contribution in [2.75, 3.05) is 34.4 Å². The SMILES string of the molecule is CNC(C)C1(C)CN(C(=O)OC)CC1c1ccc(OC)c(OC2CCCC2)c1. The summed E-state index contributed by atoms with van der Waals surface area (Å²) < 4.78 is 16.8. The molecule has 1 aromatic carbocycles. The Morgan fingerprint density at radius 3 is 2.57 bits per heavy atom. The highest BCUT2D eigenvalue weighted by molar-refractivity contribution is 5.68. The summed E-state index contributed by atoms with van der Waals surface area (Å²) in [5.41, 5.74) is 1.05. The minimum absolute atomic E-state index is 0.123. The molecule has 2 aliphatic rings. The minimum Gasteiger partial charge on any atom is -0.493 e. The summed E-state index contributed by atoms with van der Waals surface area (Å²) in [6.45, 7) is 5.69. The molecule has 6 heteroatoms. The Balaban J connectivity index is 1.93. The predicted molar refractivity (Wildman–Crippen MR) is 109 cm³/mol. The smallest absolute Gasteiger partial charge is 0.409 e. The maximum absolute atomic E-state index is 12.2. The summed E-state index contributed by atoms with van der Waals surface area (Å²) in [5, 5.41) is 3.39. The second-order valence-electron chi connectivity index (χ2n) is 8.35. The van der Waals surface area contributed by atoms with Gasteiger partial charge in [-0.3, -0.25) is 0 Å². The summed E-state index contributed by atoms with van der Waals surface area (Å²) in [4.78, 5) is 14.0. The van der Waals surface area contributed by atoms with Crippen LogP contribution in [0.5, 0.6) is 11.5 Å². The molecular weight excluding hydrogens is 356 g/mol. The molecule has 1 amide bonds. The van der Waals surface area contributed by atoms with Gasteiger partial charge in [0.25, 0.3) is 0 Å². The molecule has 3 atom stereocenters. The molecule has 1 saturated carbocycles. The second-order valence-corrected chi connectivity index (χ2v) is 8.35. The number of hydrogen-bond donors (Lipinski definition) is 1. The molecular formula is C22H34N2O4. The fourth-order valence-electron chi connectivity index (χ4n) is 4.73. The number of nitrogens with one attached hydrogen (secondary N) is 1. The predicted octanol–water partition coefficient (Wildman–Crippen LogP) is 3.80. The van der Waals surface area contributed by atoms with Gasteiger partial charge >= 0.3 is 6.09 Å². The van der Waals surface area contributed by atoms with Crippen LogP contribution in [0.25, 0.3) is 0 Å². The number of ether oxygens (including phenoxy) is 3. The number of amides is 1. The lowest BCUT2D eigenvalue weighted by atomic mass is 9.71. The van der Waals surface area contributed by atoms with Gasteiger partial charge in [0.15, 0.2) is 11.5 Å². The van der Waals surface area contributed by atoms with E-state index in [0.717, 1.165) is 24.3 Å². The van der Waals surface area contributed by atoms with E-state index >= 15 is 0 Å². The molecule has 2 fully saturated rings. The van der Waals surface area contributed by atoms with Gasteiger partial charge in [-0.05, 0) is 57.4 Å². The van der Waals surface area contributed by atoms with Crippen LogP contribution in [0.4, 0.5) is 4.79 Å². The Morgan fingerprint density at radius 2 is 1.96 bits per heavy atom. The molecule has 3 rings (SSSR count). The monoisotopic (exact) mass is 390 g/mol. The normalized spacial score (nSPS) is 26.3. The molecule has 1 aliphatic carbocycles. The third-order valence-electron chi connectivity index (χ3n) is 6.77. The summed E-state index contributed by atoms with van der Waals surface area (Å²) in [6, 6.07) is 6.44. The first-order valence-corrected chi connectivity index (χ1v) is 10.3. The summed E-state index contributed by atoms with van der Waals surface area (Å²) >= 11 is 0. The fraction of sp³-hybridized carbons (Fsp3) is 0.682. The van der Waals surface area contributed by atoms with Crippen LogP contribution < -0.4 is 14.8 Å². The van der Waals surface area contributed by atoms with Gasteiger partial charge in [-0.25, -0.2) is 4.79 Å². The van der Waals surface area contributed by atoms with Gasteiger partial charge in [0.2, 0.25) is 0 Å². The van der Waals surface area contributed by atoms with Gasteiger partial charge in [-0.2, -0.15) is 0 Å². The Kier molecular flexibility index (Phi) is 6.38. The van der Waals surface area contributed by atoms with E-state index in [1.165, 1.54) is 25.5 Å². The number of carbonyl (C=O) groups excluding carboxylic acids is 1. The Morgan fingerprint density at radius 1 is 1.25 bits per heavy atom. The Hall–Kier alpha value is -1.95. The molecule has 0 bridgehead atoms. The molecule has 6 nitrogen and oxygen atoms in total. The number of hydrogen-bond acceptors (Lipinski definition) is 5. The largest absolute Gasteiger partial charge is 0.493 e. The van der Waals surface area contributed by atoms with E-state index in [0.29, 0.717) is 13.1 Å². The quantitative estimate of drug-likeness (QED) is 0.801. The molecule has 1 aromatic rings. The van der Waals surface area contributed by atoms with Crippen LogP contribution in [0.15, 0.2) is 18.2 Å². The number of nitrogens with zero attached hydrogens (tertiary/aromatic N) is 1. The van der Waals surface area contributed by atoms with Crippen molar-refractivity contribution in [3.05, 3.63) is 23.8 Å². The van der Waals surface area contributed by atoms with Crippen molar-refractivity contribution >= 4 is 6.09 Å². The standard InChI is InChI=1S/C22H34N2O4/c1-15(23-3)22(2)14-24(21(25)27-5)13-18(22)16-10-11-19(26-4)20(12-16)28-17-8-6-7-9-17/h10-12,15,17-18,23H,6-9,13-14H2,1-5H3. The van der Waals surface area contributed by atoms with Crippen LogP contribution in [-0.4, -0.2) is 57.5 Å². The molecule has 3 unspecified atom stereocenters. The summed E-state index contributed by atoms with van der Waals surface area (Å²) in [6.07, 6.45) is 4.64. The molecule has 28 heavy (non-hydrogen) atoms. The molecule has 1 saturated heterocycles. The Labute approximate surface area is 168 Å². The van der Waals surface area contributed by atoms with E-state index in [1.54, 1.807) is 12.0 Å². The molecule has 1 heterocycles. The number of methoxy groups -OCH3 is 2. The van der Waals surface area contributed by atoms with Crippen LogP contribution in [0.1, 0.15) is 51.0 Å². The topological polar surface area (TPSA) is 60.0 Å². The van der Waals surface area contributed by atoms with Crippen molar-refractivity contribution in [2.24, 2.45) is 5.41 Å². The van der Waals surface area contributed by atoms with E-state index in [1.807, 2.05) is 13.1 Å². The van der Waals surface area contributed by atoms with Gasteiger partial charge in [0.05, 0.1) is 20.3 Å². The fourth-order valence-corrected chi connectivity index (χ4v) is 4.73. The lowest BCUT2D eigenvalue weighted by molar-refractivity contribution is 0.125. The van der Waals surface area contributed by atoms with Crippen LogP contribution in [0.3, 0.4) is 0 Å². The average molecular weight is 391 g/mol. The van der Waals surface area contributed by atoms with Gasteiger partial charge in [0.1, 0.15) is 0 Å². The number of rotatable bonds is 6. The van der Waals surface area contributed by atoms with Crippen molar-refractivity contribution in [3.63, 3.8) is 0 Å². The third-order valence-corrected chi connectivity index (χ3v) is 6.77. The van der Waals surface area contributed by atoms with Crippen LogP contribution in [-0.2, 0) is 4.74 Å². The number of benzene rings is 1. The van der Waals surface area contributed by atoms with E-state index in [2.05, 4.69) is 31.3 Å². The number of carbonyl (C=O) groups is 1. The van der Waals surface area contributed by atoms with Crippen molar-refractivity contribution < 1.29 is 19.0 Å². The van der Waals surface area contributed by atoms with Crippen LogP contribution in [0.2, 0.25) is 0 Å². The zero-order chi connectivity index (χ0) is 20.3. The maximum atomic E-state index is 12.2. The van der Waals surface area contributed by atoms with Crippen molar-refractivity contribution in [3.8, 4) is 11.5 Å². The van der Waals surface area contributed by atoms with Crippen LogP contribution >= 0.6 is 0 Å². The molecule has 156 valence electrons. The van der Waals surface area contributed by atoms with Gasteiger partial charge in [-0.1, -0.05) is 13.0 Å². The van der Waals surface area contributed by atoms with Gasteiger partial charge < -0.3 is 24.4 Å². The highest BCUT2D eigenvalue weighted by Crippen LogP contribution is 2.47. The van der Waals surface area contributed by atoms with Gasteiger partial charge in [0, 0.05) is 30.5 Å². The molecule has 0 aromatic heterocycles. The summed E-state index contributed by atoms with van der Waals surface area (Å²) in [5.74, 6) is 1.75. The highest BCUT2D eigenvalue weighted by atomic mass is 16.5. The minimum atomic E-state index is -0.270. The zero-order valence-corrected chi connectivity index (χ0v) is 17.8. The summed E-state index contributed by atoms with van der Waals surface area (Å²) in [7, 11) is 5.09. The lowest BCUT2D eigenvalue weighted by Gasteiger charge is -2.36. The van der Waals surface area contributed by atoms with Crippen LogP contribution in [0, 0.1) is 5.41 Å². The van der Waals surface area contributed by atoms with E-state index in [4.69, 9.17) is 14.2 Å². The van der Waals surface area contributed by atoms with Crippen molar-refractivity contribution in [1.29, 1.82) is 0 Å². The number of likely N-dealkylation sites (tertiary alicyclic amines) is 1. The lowest BCUT2D eigenvalue weighted by Crippen LogP contribution is -2.44. The zero-order valence-electron chi connectivity index (χ0n) is 17.8. The van der Waals surface area contributed by atoms with E-state index in [-0.39, 0.29) is 29.6 Å². The maximum Gasteiger partial charge on any atom is 0.409 e. The van der Waals surface area contributed by atoms with Crippen molar-refractivity contribution in [2.45, 2.75) is 57.6 Å². The first-order valence-electron chi connectivity index (χ1n) is 10.3. The first kappa shape index (κ1) is 20.8. The third kappa shape index (κ3) is 3.93. The van der Waals surface area contributed by atoms with Crippen molar-refractivity contribution in [1.82, 2.24) is 10.2 Å². The molecule has 0 spiro atoms. The van der Waals surface area contributed by atoms with E-state index in [9.17, 15) is 4.79 Å². The molecule has 1 N–H and O–H groups in total. The van der Waals surface area contributed by atoms with E-state index < -0.39 is 0 Å². The average Bonchev–Trinajstić information content (AvgIpc) is 3.35. The first-order chi connectivity index (χ1) is 13.4.